The van der Waals surface area contributed by atoms with Crippen LogP contribution in [0.1, 0.15) is 15.9 Å². The van der Waals surface area contributed by atoms with Gasteiger partial charge in [-0.2, -0.15) is 4.89 Å². The van der Waals surface area contributed by atoms with Gasteiger partial charge in [-0.05, 0) is 35.9 Å². The summed E-state index contributed by atoms with van der Waals surface area (Å²) in [5.41, 5.74) is 0.374. The molecule has 1 heterocycles. The number of aliphatic hydroxyl groups excluding tert-OH is 4. The van der Waals surface area contributed by atoms with E-state index in [-0.39, 0.29) is 28.6 Å². The first kappa shape index (κ1) is 23.5. The third kappa shape index (κ3) is 5.16. The topological polar surface area (TPSA) is 186 Å². The molecule has 0 bridgehead atoms. The lowest BCUT2D eigenvalue weighted by Crippen LogP contribution is -2.59. The van der Waals surface area contributed by atoms with Gasteiger partial charge in [0, 0.05) is 6.07 Å². The fourth-order valence-corrected chi connectivity index (χ4v) is 2.94. The third-order valence-electron chi connectivity index (χ3n) is 4.74. The first-order valence-corrected chi connectivity index (χ1v) is 9.42. The van der Waals surface area contributed by atoms with Crippen LogP contribution in [0.2, 0.25) is 0 Å². The quantitative estimate of drug-likeness (QED) is 0.0974. The molecular formula is C21H22O11. The van der Waals surface area contributed by atoms with Crippen molar-refractivity contribution in [2.45, 2.75) is 30.7 Å². The molecule has 5 atom stereocenters. The van der Waals surface area contributed by atoms with Crippen LogP contribution in [0.4, 0.5) is 0 Å². The molecule has 2 aromatic rings. The molecule has 0 aliphatic carbocycles. The van der Waals surface area contributed by atoms with E-state index in [4.69, 9.17) is 14.5 Å². The Hall–Kier alpha value is -3.19. The van der Waals surface area contributed by atoms with E-state index in [2.05, 4.69) is 0 Å². The van der Waals surface area contributed by atoms with Crippen molar-refractivity contribution in [3.8, 4) is 23.0 Å². The summed E-state index contributed by atoms with van der Waals surface area (Å²) in [5.74, 6) is -1.76. The van der Waals surface area contributed by atoms with Crippen molar-refractivity contribution >= 4 is 11.9 Å². The van der Waals surface area contributed by atoms with Crippen LogP contribution in [0.5, 0.6) is 23.0 Å². The summed E-state index contributed by atoms with van der Waals surface area (Å²) in [5, 5.41) is 67.4. The second-order valence-electron chi connectivity index (χ2n) is 7.00. The van der Waals surface area contributed by atoms with Gasteiger partial charge in [-0.15, -0.1) is 0 Å². The standard InChI is InChI=1S/C21H22O11/c22-9-17-18(27)19(28)20(29)21(30-17)32-31-16-8-11(23)3-4-12(16)13(24)5-1-10-2-6-14(25)15(26)7-10/h1-8,17-23,25-29H,9H2/t17-,18-,19+,20-,21+/m1/s1. The highest BCUT2D eigenvalue weighted by Crippen LogP contribution is 2.29. The van der Waals surface area contributed by atoms with Crippen LogP contribution in [0.3, 0.4) is 0 Å². The van der Waals surface area contributed by atoms with Crippen molar-refractivity contribution < 1.29 is 55.1 Å². The lowest BCUT2D eigenvalue weighted by Gasteiger charge is -2.38. The number of aromatic hydroxyl groups is 3. The van der Waals surface area contributed by atoms with Crippen LogP contribution in [-0.4, -0.2) is 78.8 Å². The number of benzene rings is 2. The maximum Gasteiger partial charge on any atom is 0.232 e. The zero-order valence-electron chi connectivity index (χ0n) is 16.5. The number of carbonyl (C=O) groups excluding carboxylic acids is 1. The van der Waals surface area contributed by atoms with Crippen molar-refractivity contribution in [1.29, 1.82) is 0 Å². The Morgan fingerprint density at radius 3 is 2.41 bits per heavy atom. The average Bonchev–Trinajstić information content (AvgIpc) is 2.77. The number of carbonyl (C=O) groups is 1. The number of phenolic OH excluding ortho intramolecular Hbond substituents is 3. The summed E-state index contributed by atoms with van der Waals surface area (Å²) < 4.78 is 5.15. The molecule has 0 unspecified atom stereocenters. The molecule has 0 amide bonds. The second-order valence-corrected chi connectivity index (χ2v) is 7.00. The predicted molar refractivity (Wildman–Crippen MR) is 107 cm³/mol. The summed E-state index contributed by atoms with van der Waals surface area (Å²) in [6, 6.07) is 7.52. The van der Waals surface area contributed by atoms with Crippen LogP contribution in [0.15, 0.2) is 42.5 Å². The van der Waals surface area contributed by atoms with Crippen LogP contribution in [-0.2, 0) is 9.62 Å². The van der Waals surface area contributed by atoms with E-state index in [9.17, 15) is 40.5 Å². The van der Waals surface area contributed by atoms with Gasteiger partial charge in [0.2, 0.25) is 6.29 Å². The highest BCUT2D eigenvalue weighted by molar-refractivity contribution is 6.08. The Morgan fingerprint density at radius 2 is 1.72 bits per heavy atom. The predicted octanol–water partition coefficient (Wildman–Crippen LogP) is -0.190. The fraction of sp³-hybridized carbons (Fsp3) is 0.286. The maximum atomic E-state index is 12.6. The van der Waals surface area contributed by atoms with Crippen molar-refractivity contribution in [1.82, 2.24) is 0 Å². The molecule has 1 saturated heterocycles. The summed E-state index contributed by atoms with van der Waals surface area (Å²) >= 11 is 0. The molecule has 0 saturated carbocycles. The van der Waals surface area contributed by atoms with Gasteiger partial charge < -0.3 is 45.4 Å². The van der Waals surface area contributed by atoms with Gasteiger partial charge in [0.1, 0.15) is 30.2 Å². The fourth-order valence-electron chi connectivity index (χ4n) is 2.94. The van der Waals surface area contributed by atoms with Crippen LogP contribution in [0, 0.1) is 0 Å². The Bertz CT molecular complexity index is 988. The van der Waals surface area contributed by atoms with Gasteiger partial charge in [0.05, 0.1) is 12.2 Å². The molecule has 3 rings (SSSR count). The average molecular weight is 450 g/mol. The largest absolute Gasteiger partial charge is 0.508 e. The van der Waals surface area contributed by atoms with E-state index in [0.717, 1.165) is 12.1 Å². The number of hydrogen-bond acceptors (Lipinski definition) is 11. The minimum atomic E-state index is -1.73. The number of ether oxygens (including phenoxy) is 1. The van der Waals surface area contributed by atoms with E-state index in [1.165, 1.54) is 36.4 Å². The van der Waals surface area contributed by atoms with Crippen molar-refractivity contribution in [3.63, 3.8) is 0 Å². The minimum Gasteiger partial charge on any atom is -0.508 e. The Labute approximate surface area is 181 Å². The van der Waals surface area contributed by atoms with Crippen LogP contribution < -0.4 is 4.89 Å². The van der Waals surface area contributed by atoms with Crippen LogP contribution in [0.25, 0.3) is 6.08 Å². The van der Waals surface area contributed by atoms with Gasteiger partial charge in [-0.3, -0.25) is 4.79 Å². The van der Waals surface area contributed by atoms with E-state index in [0.29, 0.717) is 5.56 Å². The molecule has 1 fully saturated rings. The Balaban J connectivity index is 1.75. The van der Waals surface area contributed by atoms with E-state index in [1.807, 2.05) is 0 Å². The number of hydrogen-bond donors (Lipinski definition) is 7. The smallest absolute Gasteiger partial charge is 0.232 e. The highest BCUT2D eigenvalue weighted by Gasteiger charge is 2.45. The van der Waals surface area contributed by atoms with E-state index >= 15 is 0 Å². The van der Waals surface area contributed by atoms with Gasteiger partial charge >= 0.3 is 0 Å². The molecule has 0 radical (unpaired) electrons. The molecule has 0 spiro atoms. The number of allylic oxidation sites excluding steroid dienone is 1. The van der Waals surface area contributed by atoms with Gasteiger partial charge in [-0.1, -0.05) is 12.1 Å². The minimum absolute atomic E-state index is 0.0494. The number of aliphatic hydroxyl groups is 4. The molecule has 2 aromatic carbocycles. The molecule has 172 valence electrons. The zero-order chi connectivity index (χ0) is 23.4. The molecule has 0 aromatic heterocycles. The van der Waals surface area contributed by atoms with Gasteiger partial charge in [-0.25, -0.2) is 0 Å². The summed E-state index contributed by atoms with van der Waals surface area (Å²) in [4.78, 5) is 22.6. The normalized spacial score (nSPS) is 25.7. The lowest BCUT2D eigenvalue weighted by molar-refractivity contribution is -0.387. The van der Waals surface area contributed by atoms with E-state index < -0.39 is 43.1 Å². The van der Waals surface area contributed by atoms with Gasteiger partial charge in [0.15, 0.2) is 23.0 Å². The summed E-state index contributed by atoms with van der Waals surface area (Å²) in [7, 11) is 0. The molecule has 11 nitrogen and oxygen atoms in total. The Morgan fingerprint density at radius 1 is 0.969 bits per heavy atom. The molecule has 1 aliphatic rings. The highest BCUT2D eigenvalue weighted by atomic mass is 17.2. The van der Waals surface area contributed by atoms with Crippen molar-refractivity contribution in [3.05, 3.63) is 53.6 Å². The third-order valence-corrected chi connectivity index (χ3v) is 4.74. The van der Waals surface area contributed by atoms with Crippen LogP contribution >= 0.6 is 0 Å². The lowest BCUT2D eigenvalue weighted by atomic mass is 9.99. The number of phenols is 3. The van der Waals surface area contributed by atoms with Gasteiger partial charge in [0.25, 0.3) is 0 Å². The first-order chi connectivity index (χ1) is 15.2. The van der Waals surface area contributed by atoms with E-state index in [1.54, 1.807) is 0 Å². The summed E-state index contributed by atoms with van der Waals surface area (Å²) in [6.07, 6.45) is -5.33. The monoisotopic (exact) mass is 450 g/mol. The number of ketones is 1. The van der Waals surface area contributed by atoms with Crippen molar-refractivity contribution in [2.75, 3.05) is 6.61 Å². The molecule has 1 aliphatic heterocycles. The zero-order valence-corrected chi connectivity index (χ0v) is 16.5. The molecule has 7 N–H and O–H groups in total. The molecular weight excluding hydrogens is 428 g/mol. The Kier molecular flexibility index (Phi) is 7.30. The summed E-state index contributed by atoms with van der Waals surface area (Å²) in [6.45, 7) is -0.668. The maximum absolute atomic E-state index is 12.6. The first-order valence-electron chi connectivity index (χ1n) is 9.42. The molecule has 32 heavy (non-hydrogen) atoms. The molecule has 11 heteroatoms. The second kappa shape index (κ2) is 9.96. The SMILES string of the molecule is O=C(C=Cc1ccc(O)c(O)c1)c1ccc(O)cc1OO[C@@H]1O[C@H](CO)[C@@H](O)[C@H](O)[C@H]1O. The van der Waals surface area contributed by atoms with Crippen molar-refractivity contribution in [2.24, 2.45) is 0 Å². The number of rotatable bonds is 7.